The van der Waals surface area contributed by atoms with Crippen LogP contribution in [-0.4, -0.2) is 52.6 Å². The van der Waals surface area contributed by atoms with Gasteiger partial charge in [-0.1, -0.05) is 6.07 Å². The zero-order valence-corrected chi connectivity index (χ0v) is 17.8. The first kappa shape index (κ1) is 20.9. The molecule has 3 aliphatic rings. The van der Waals surface area contributed by atoms with Gasteiger partial charge in [0.15, 0.2) is 5.82 Å². The molecule has 0 bridgehead atoms. The van der Waals surface area contributed by atoms with Gasteiger partial charge in [-0.25, -0.2) is 8.78 Å². The predicted molar refractivity (Wildman–Crippen MR) is 114 cm³/mol. The standard InChI is InChI=1S/C23H27F2N5O2/c24-17-4-3-15(19(25)10-17)12-30-13-16(9-22(30)31)23(32)26-18-5-7-29(8-6-18)21-11-20(27-28-21)14-1-2-14/h3-4,10-11,14,16,18H,1-2,5-9,12-13H2,(H,26,32)(H,27,28). The molecule has 1 atom stereocenters. The third kappa shape index (κ3) is 4.47. The van der Waals surface area contributed by atoms with E-state index in [2.05, 4.69) is 26.5 Å². The smallest absolute Gasteiger partial charge is 0.225 e. The maximum atomic E-state index is 13.9. The summed E-state index contributed by atoms with van der Waals surface area (Å²) in [5.74, 6) is -0.487. The number of aromatic amines is 1. The molecule has 1 unspecified atom stereocenters. The van der Waals surface area contributed by atoms with Gasteiger partial charge in [0.25, 0.3) is 0 Å². The van der Waals surface area contributed by atoms with Crippen molar-refractivity contribution in [3.8, 4) is 0 Å². The van der Waals surface area contributed by atoms with Crippen molar-refractivity contribution >= 4 is 17.6 Å². The normalized spacial score (nSPS) is 21.9. The summed E-state index contributed by atoms with van der Waals surface area (Å²) in [6, 6.07) is 5.53. The Labute approximate surface area is 185 Å². The van der Waals surface area contributed by atoms with E-state index in [1.54, 1.807) is 0 Å². The van der Waals surface area contributed by atoms with Crippen LogP contribution in [0.25, 0.3) is 0 Å². The second kappa shape index (κ2) is 8.52. The molecule has 170 valence electrons. The summed E-state index contributed by atoms with van der Waals surface area (Å²) in [6.45, 7) is 1.93. The Kier molecular flexibility index (Phi) is 5.57. The molecule has 0 spiro atoms. The molecule has 1 aliphatic carbocycles. The second-order valence-corrected chi connectivity index (χ2v) is 9.14. The van der Waals surface area contributed by atoms with Gasteiger partial charge in [-0.05, 0) is 31.7 Å². The van der Waals surface area contributed by atoms with Crippen LogP contribution in [0.3, 0.4) is 0 Å². The van der Waals surface area contributed by atoms with Gasteiger partial charge in [0.1, 0.15) is 11.6 Å². The lowest BCUT2D eigenvalue weighted by atomic mass is 10.0. The molecule has 2 N–H and O–H groups in total. The van der Waals surface area contributed by atoms with Gasteiger partial charge in [-0.2, -0.15) is 5.10 Å². The Morgan fingerprint density at radius 1 is 1.16 bits per heavy atom. The average Bonchev–Trinajstić information content (AvgIpc) is 3.39. The Bertz CT molecular complexity index is 1010. The Morgan fingerprint density at radius 2 is 1.94 bits per heavy atom. The van der Waals surface area contributed by atoms with Crippen LogP contribution in [0.4, 0.5) is 14.6 Å². The van der Waals surface area contributed by atoms with Crippen molar-refractivity contribution in [1.82, 2.24) is 20.4 Å². The van der Waals surface area contributed by atoms with Crippen LogP contribution in [-0.2, 0) is 16.1 Å². The molecule has 7 nitrogen and oxygen atoms in total. The minimum atomic E-state index is -0.682. The van der Waals surface area contributed by atoms with Crippen LogP contribution >= 0.6 is 0 Å². The lowest BCUT2D eigenvalue weighted by molar-refractivity contribution is -0.129. The van der Waals surface area contributed by atoms with E-state index >= 15 is 0 Å². The number of nitrogens with one attached hydrogen (secondary N) is 2. The largest absolute Gasteiger partial charge is 0.355 e. The SMILES string of the molecule is O=C(NC1CCN(c2cc(C3CC3)[nH]n2)CC1)C1CC(=O)N(Cc2ccc(F)cc2F)C1. The zero-order chi connectivity index (χ0) is 22.2. The number of H-pyrrole nitrogens is 1. The maximum Gasteiger partial charge on any atom is 0.225 e. The fourth-order valence-corrected chi connectivity index (χ4v) is 4.62. The van der Waals surface area contributed by atoms with Gasteiger partial charge in [-0.15, -0.1) is 0 Å². The van der Waals surface area contributed by atoms with Crippen molar-refractivity contribution in [3.05, 3.63) is 47.2 Å². The van der Waals surface area contributed by atoms with Gasteiger partial charge in [0.2, 0.25) is 11.8 Å². The first-order valence-corrected chi connectivity index (χ1v) is 11.3. The van der Waals surface area contributed by atoms with Crippen LogP contribution in [0.2, 0.25) is 0 Å². The number of rotatable bonds is 6. The molecule has 5 rings (SSSR count). The van der Waals surface area contributed by atoms with E-state index in [0.717, 1.165) is 37.8 Å². The van der Waals surface area contributed by atoms with Crippen molar-refractivity contribution in [2.24, 2.45) is 5.92 Å². The first-order chi connectivity index (χ1) is 15.5. The summed E-state index contributed by atoms with van der Waals surface area (Å²) in [7, 11) is 0. The maximum absolute atomic E-state index is 13.9. The number of anilines is 1. The topological polar surface area (TPSA) is 81.3 Å². The molecule has 9 heteroatoms. The molecule has 1 saturated carbocycles. The third-order valence-corrected chi connectivity index (χ3v) is 6.73. The highest BCUT2D eigenvalue weighted by Crippen LogP contribution is 2.40. The van der Waals surface area contributed by atoms with E-state index in [9.17, 15) is 18.4 Å². The molecule has 1 aromatic heterocycles. The summed E-state index contributed by atoms with van der Waals surface area (Å²) < 4.78 is 27.0. The number of carbonyl (C=O) groups excluding carboxylic acids is 2. The number of halogens is 2. The van der Waals surface area contributed by atoms with Crippen LogP contribution < -0.4 is 10.2 Å². The molecular weight excluding hydrogens is 416 g/mol. The van der Waals surface area contributed by atoms with Gasteiger partial charge in [0, 0.05) is 67.9 Å². The van der Waals surface area contributed by atoms with Crippen molar-refractivity contribution in [2.45, 2.75) is 50.6 Å². The summed E-state index contributed by atoms with van der Waals surface area (Å²) in [6.07, 6.45) is 4.22. The fraction of sp³-hybridized carbons (Fsp3) is 0.522. The molecule has 3 heterocycles. The van der Waals surface area contributed by atoms with E-state index < -0.39 is 17.6 Å². The highest BCUT2D eigenvalue weighted by Gasteiger charge is 2.36. The molecule has 2 aliphatic heterocycles. The number of benzene rings is 1. The van der Waals surface area contributed by atoms with Gasteiger partial charge in [-0.3, -0.25) is 14.7 Å². The highest BCUT2D eigenvalue weighted by atomic mass is 19.1. The molecule has 2 saturated heterocycles. The van der Waals surface area contributed by atoms with Crippen molar-refractivity contribution in [3.63, 3.8) is 0 Å². The Balaban J connectivity index is 1.11. The molecule has 2 aromatic rings. The lowest BCUT2D eigenvalue weighted by Crippen LogP contribution is -2.46. The van der Waals surface area contributed by atoms with Crippen LogP contribution in [0, 0.1) is 17.6 Å². The number of hydrogen-bond acceptors (Lipinski definition) is 4. The first-order valence-electron chi connectivity index (χ1n) is 11.3. The number of likely N-dealkylation sites (tertiary alicyclic amines) is 1. The Hall–Kier alpha value is -2.97. The number of aromatic nitrogens is 2. The quantitative estimate of drug-likeness (QED) is 0.720. The van der Waals surface area contributed by atoms with E-state index in [1.807, 2.05) is 0 Å². The lowest BCUT2D eigenvalue weighted by Gasteiger charge is -2.32. The molecule has 0 radical (unpaired) electrons. The number of piperidine rings is 1. The number of amides is 2. The van der Waals surface area contributed by atoms with Crippen LogP contribution in [0.1, 0.15) is 49.3 Å². The zero-order valence-electron chi connectivity index (χ0n) is 17.8. The van der Waals surface area contributed by atoms with Crippen LogP contribution in [0.5, 0.6) is 0 Å². The number of carbonyl (C=O) groups is 2. The monoisotopic (exact) mass is 443 g/mol. The summed E-state index contributed by atoms with van der Waals surface area (Å²) in [5.41, 5.74) is 1.46. The average molecular weight is 443 g/mol. The highest BCUT2D eigenvalue weighted by molar-refractivity contribution is 5.89. The second-order valence-electron chi connectivity index (χ2n) is 9.14. The van der Waals surface area contributed by atoms with Gasteiger partial charge in [0.05, 0.1) is 5.92 Å². The van der Waals surface area contributed by atoms with Crippen LogP contribution in [0.15, 0.2) is 24.3 Å². The van der Waals surface area contributed by atoms with E-state index in [4.69, 9.17) is 0 Å². The minimum Gasteiger partial charge on any atom is -0.355 e. The third-order valence-electron chi connectivity index (χ3n) is 6.73. The molecule has 2 amide bonds. The van der Waals surface area contributed by atoms with Crippen molar-refractivity contribution < 1.29 is 18.4 Å². The van der Waals surface area contributed by atoms with E-state index in [0.29, 0.717) is 5.92 Å². The molecule has 1 aromatic carbocycles. The van der Waals surface area contributed by atoms with E-state index in [-0.39, 0.29) is 42.9 Å². The summed E-state index contributed by atoms with van der Waals surface area (Å²) >= 11 is 0. The van der Waals surface area contributed by atoms with E-state index in [1.165, 1.54) is 35.6 Å². The van der Waals surface area contributed by atoms with Gasteiger partial charge < -0.3 is 15.1 Å². The molecule has 32 heavy (non-hydrogen) atoms. The van der Waals surface area contributed by atoms with Crippen molar-refractivity contribution in [2.75, 3.05) is 24.5 Å². The number of hydrogen-bond donors (Lipinski definition) is 2. The predicted octanol–water partition coefficient (Wildman–Crippen LogP) is 2.70. The Morgan fingerprint density at radius 3 is 2.66 bits per heavy atom. The van der Waals surface area contributed by atoms with Crippen molar-refractivity contribution in [1.29, 1.82) is 0 Å². The fourth-order valence-electron chi connectivity index (χ4n) is 4.62. The minimum absolute atomic E-state index is 0.0413. The molecular formula is C23H27F2N5O2. The van der Waals surface area contributed by atoms with Gasteiger partial charge >= 0.3 is 0 Å². The number of nitrogens with zero attached hydrogens (tertiary/aromatic N) is 3. The summed E-state index contributed by atoms with van der Waals surface area (Å²) in [4.78, 5) is 28.8. The molecule has 3 fully saturated rings. The summed E-state index contributed by atoms with van der Waals surface area (Å²) in [5, 5.41) is 10.7.